The highest BCUT2D eigenvalue weighted by atomic mass is 16.5. The van der Waals surface area contributed by atoms with E-state index in [9.17, 15) is 0 Å². The van der Waals surface area contributed by atoms with Crippen molar-refractivity contribution in [3.05, 3.63) is 29.3 Å². The number of methoxy groups -OCH3 is 1. The van der Waals surface area contributed by atoms with Crippen LogP contribution in [0.15, 0.2) is 18.2 Å². The van der Waals surface area contributed by atoms with Gasteiger partial charge in [-0.15, -0.1) is 0 Å². The molecule has 1 aromatic rings. The third-order valence-corrected chi connectivity index (χ3v) is 4.56. The summed E-state index contributed by atoms with van der Waals surface area (Å²) in [7, 11) is 1.71. The average Bonchev–Trinajstić information content (AvgIpc) is 2.76. The number of benzene rings is 1. The second-order valence-electron chi connectivity index (χ2n) is 5.70. The van der Waals surface area contributed by atoms with Crippen LogP contribution in [-0.4, -0.2) is 44.4 Å². The molecule has 3 rings (SSSR count). The van der Waals surface area contributed by atoms with Crippen LogP contribution in [0.4, 0.5) is 0 Å². The van der Waals surface area contributed by atoms with Crippen LogP contribution >= 0.6 is 0 Å². The molecule has 0 aromatic heterocycles. The predicted molar refractivity (Wildman–Crippen MR) is 79.0 cm³/mol. The molecule has 2 unspecified atom stereocenters. The number of ether oxygens (including phenoxy) is 2. The molecule has 4 heteroatoms. The topological polar surface area (TPSA) is 47.7 Å². The maximum Gasteiger partial charge on any atom is 0.119 e. The van der Waals surface area contributed by atoms with E-state index in [-0.39, 0.29) is 6.04 Å². The number of hydrogen-bond donors (Lipinski definition) is 1. The second kappa shape index (κ2) is 6.12. The summed E-state index contributed by atoms with van der Waals surface area (Å²) in [5.74, 6) is 0.928. The van der Waals surface area contributed by atoms with Crippen molar-refractivity contribution in [1.29, 1.82) is 0 Å². The molecule has 2 N–H and O–H groups in total. The van der Waals surface area contributed by atoms with Crippen molar-refractivity contribution in [3.8, 4) is 5.75 Å². The average molecular weight is 276 g/mol. The molecular weight excluding hydrogens is 252 g/mol. The zero-order valence-electron chi connectivity index (χ0n) is 12.2. The van der Waals surface area contributed by atoms with Gasteiger partial charge in [0.2, 0.25) is 0 Å². The van der Waals surface area contributed by atoms with Gasteiger partial charge in [-0.3, -0.25) is 4.90 Å². The van der Waals surface area contributed by atoms with Crippen LogP contribution in [0.1, 0.15) is 30.0 Å². The summed E-state index contributed by atoms with van der Waals surface area (Å²) in [5.41, 5.74) is 9.17. The first kappa shape index (κ1) is 13.9. The van der Waals surface area contributed by atoms with Gasteiger partial charge in [0.05, 0.1) is 13.7 Å². The van der Waals surface area contributed by atoms with Gasteiger partial charge in [-0.2, -0.15) is 0 Å². The van der Waals surface area contributed by atoms with Gasteiger partial charge >= 0.3 is 0 Å². The van der Waals surface area contributed by atoms with E-state index in [0.29, 0.717) is 6.04 Å². The summed E-state index contributed by atoms with van der Waals surface area (Å²) in [6.07, 6.45) is 3.32. The third kappa shape index (κ3) is 2.68. The largest absolute Gasteiger partial charge is 0.497 e. The Morgan fingerprint density at radius 3 is 3.05 bits per heavy atom. The lowest BCUT2D eigenvalue weighted by Gasteiger charge is -2.38. The Morgan fingerprint density at radius 2 is 2.20 bits per heavy atom. The molecule has 20 heavy (non-hydrogen) atoms. The van der Waals surface area contributed by atoms with Crippen molar-refractivity contribution in [1.82, 2.24) is 4.90 Å². The summed E-state index contributed by atoms with van der Waals surface area (Å²) in [4.78, 5) is 2.52. The molecule has 1 aromatic carbocycles. The first-order valence-corrected chi connectivity index (χ1v) is 7.54. The van der Waals surface area contributed by atoms with Gasteiger partial charge < -0.3 is 15.2 Å². The molecule has 110 valence electrons. The van der Waals surface area contributed by atoms with Gasteiger partial charge in [-0.1, -0.05) is 6.07 Å². The molecule has 1 heterocycles. The molecule has 0 amide bonds. The van der Waals surface area contributed by atoms with Gasteiger partial charge in [0.15, 0.2) is 0 Å². The molecule has 1 aliphatic carbocycles. The van der Waals surface area contributed by atoms with Gasteiger partial charge in [-0.05, 0) is 42.5 Å². The second-order valence-corrected chi connectivity index (χ2v) is 5.70. The van der Waals surface area contributed by atoms with E-state index in [1.807, 2.05) is 6.07 Å². The maximum absolute atomic E-state index is 6.54. The van der Waals surface area contributed by atoms with E-state index in [4.69, 9.17) is 15.2 Å². The standard InChI is InChI=1S/C16H24N2O2/c1-19-13-4-5-14-12(11-13)3-6-15(16(14)17)18-7-2-9-20-10-8-18/h4-5,11,15-16H,2-3,6-10,17H2,1H3. The normalized spacial score (nSPS) is 27.7. The first-order chi connectivity index (χ1) is 9.79. The molecule has 0 bridgehead atoms. The minimum Gasteiger partial charge on any atom is -0.497 e. The van der Waals surface area contributed by atoms with E-state index in [1.54, 1.807) is 7.11 Å². The molecule has 2 atom stereocenters. The highest BCUT2D eigenvalue weighted by Gasteiger charge is 2.31. The van der Waals surface area contributed by atoms with Crippen molar-refractivity contribution >= 4 is 0 Å². The molecule has 1 aliphatic heterocycles. The van der Waals surface area contributed by atoms with E-state index < -0.39 is 0 Å². The fourth-order valence-corrected chi connectivity index (χ4v) is 3.45. The number of aryl methyl sites for hydroxylation is 1. The molecule has 1 saturated heterocycles. The minimum atomic E-state index is 0.0998. The lowest BCUT2D eigenvalue weighted by atomic mass is 9.83. The highest BCUT2D eigenvalue weighted by Crippen LogP contribution is 2.33. The van der Waals surface area contributed by atoms with E-state index in [0.717, 1.165) is 51.3 Å². The van der Waals surface area contributed by atoms with Crippen molar-refractivity contribution in [3.63, 3.8) is 0 Å². The summed E-state index contributed by atoms with van der Waals surface area (Å²) in [5, 5.41) is 0. The van der Waals surface area contributed by atoms with Gasteiger partial charge in [0.1, 0.15) is 5.75 Å². The third-order valence-electron chi connectivity index (χ3n) is 4.56. The molecular formula is C16H24N2O2. The van der Waals surface area contributed by atoms with E-state index >= 15 is 0 Å². The quantitative estimate of drug-likeness (QED) is 0.893. The Hall–Kier alpha value is -1.10. The summed E-state index contributed by atoms with van der Waals surface area (Å²) in [6.45, 7) is 3.82. The molecule has 0 spiro atoms. The Kier molecular flexibility index (Phi) is 4.24. The van der Waals surface area contributed by atoms with Crippen molar-refractivity contribution in [2.75, 3.05) is 33.4 Å². The molecule has 1 fully saturated rings. The predicted octanol–water partition coefficient (Wildman–Crippen LogP) is 1.73. The Balaban J connectivity index is 1.79. The van der Waals surface area contributed by atoms with Crippen LogP contribution in [0.25, 0.3) is 0 Å². The van der Waals surface area contributed by atoms with Crippen LogP contribution in [0, 0.1) is 0 Å². The fraction of sp³-hybridized carbons (Fsp3) is 0.625. The first-order valence-electron chi connectivity index (χ1n) is 7.54. The summed E-state index contributed by atoms with van der Waals surface area (Å²) >= 11 is 0. The lowest BCUT2D eigenvalue weighted by Crippen LogP contribution is -2.46. The van der Waals surface area contributed by atoms with Crippen LogP contribution in [-0.2, 0) is 11.2 Å². The SMILES string of the molecule is COc1ccc2c(c1)CCC(N1CCCOCC1)C2N. The van der Waals surface area contributed by atoms with E-state index in [1.165, 1.54) is 11.1 Å². The lowest BCUT2D eigenvalue weighted by molar-refractivity contribution is 0.120. The van der Waals surface area contributed by atoms with E-state index in [2.05, 4.69) is 17.0 Å². The van der Waals surface area contributed by atoms with Crippen molar-refractivity contribution in [2.24, 2.45) is 5.73 Å². The van der Waals surface area contributed by atoms with Gasteiger partial charge in [0.25, 0.3) is 0 Å². The Morgan fingerprint density at radius 1 is 1.30 bits per heavy atom. The van der Waals surface area contributed by atoms with Gasteiger partial charge in [0, 0.05) is 31.8 Å². The van der Waals surface area contributed by atoms with Crippen LogP contribution in [0.3, 0.4) is 0 Å². The number of nitrogens with two attached hydrogens (primary N) is 1. The number of fused-ring (bicyclic) bond motifs is 1. The smallest absolute Gasteiger partial charge is 0.119 e. The van der Waals surface area contributed by atoms with Crippen LogP contribution in [0.2, 0.25) is 0 Å². The summed E-state index contributed by atoms with van der Waals surface area (Å²) < 4.78 is 10.9. The Labute approximate surface area is 120 Å². The fourth-order valence-electron chi connectivity index (χ4n) is 3.45. The molecule has 0 saturated carbocycles. The summed E-state index contributed by atoms with van der Waals surface area (Å²) in [6, 6.07) is 6.84. The van der Waals surface area contributed by atoms with Crippen molar-refractivity contribution in [2.45, 2.75) is 31.3 Å². The highest BCUT2D eigenvalue weighted by molar-refractivity contribution is 5.40. The number of nitrogens with zero attached hydrogens (tertiary/aromatic N) is 1. The van der Waals surface area contributed by atoms with Crippen LogP contribution < -0.4 is 10.5 Å². The zero-order chi connectivity index (χ0) is 13.9. The van der Waals surface area contributed by atoms with Crippen LogP contribution in [0.5, 0.6) is 5.75 Å². The maximum atomic E-state index is 6.54. The Bertz CT molecular complexity index is 456. The van der Waals surface area contributed by atoms with Crippen molar-refractivity contribution < 1.29 is 9.47 Å². The molecule has 2 aliphatic rings. The number of rotatable bonds is 2. The minimum absolute atomic E-state index is 0.0998. The molecule has 0 radical (unpaired) electrons. The molecule has 4 nitrogen and oxygen atoms in total. The monoisotopic (exact) mass is 276 g/mol. The number of hydrogen-bond acceptors (Lipinski definition) is 4. The van der Waals surface area contributed by atoms with Gasteiger partial charge in [-0.25, -0.2) is 0 Å². The zero-order valence-corrected chi connectivity index (χ0v) is 12.2.